The summed E-state index contributed by atoms with van der Waals surface area (Å²) in [5.74, 6) is 0.846. The fourth-order valence-corrected chi connectivity index (χ4v) is 2.75. The minimum absolute atomic E-state index is 0.165. The number of alkyl halides is 1. The van der Waals surface area contributed by atoms with Gasteiger partial charge in [0.2, 0.25) is 0 Å². The Morgan fingerprint density at radius 2 is 1.85 bits per heavy atom. The predicted molar refractivity (Wildman–Crippen MR) is 84.6 cm³/mol. The summed E-state index contributed by atoms with van der Waals surface area (Å²) in [6.07, 6.45) is 0. The predicted octanol–water partition coefficient (Wildman–Crippen LogP) is 5.04. The lowest BCUT2D eigenvalue weighted by atomic mass is 10.2. The fraction of sp³-hybridized carbons (Fsp3) is 0.188. The molecule has 2 nitrogen and oxygen atoms in total. The molecule has 1 unspecified atom stereocenters. The van der Waals surface area contributed by atoms with Crippen LogP contribution < -0.4 is 0 Å². The Morgan fingerprint density at radius 1 is 1.10 bits per heavy atom. The highest BCUT2D eigenvalue weighted by molar-refractivity contribution is 6.35. The molecule has 0 fully saturated rings. The van der Waals surface area contributed by atoms with Crippen LogP contribution >= 0.6 is 23.2 Å². The van der Waals surface area contributed by atoms with E-state index in [2.05, 4.69) is 21.7 Å². The number of rotatable bonds is 3. The topological polar surface area (TPSA) is 17.8 Å². The van der Waals surface area contributed by atoms with Crippen LogP contribution in [-0.4, -0.2) is 9.55 Å². The molecule has 0 aliphatic carbocycles. The molecule has 0 saturated carbocycles. The Hall–Kier alpha value is -1.51. The number of imidazole rings is 1. The Bertz CT molecular complexity index is 733. The minimum atomic E-state index is -0.165. The Balaban J connectivity index is 2.17. The normalized spacial score (nSPS) is 12.8. The highest BCUT2D eigenvalue weighted by atomic mass is 35.5. The summed E-state index contributed by atoms with van der Waals surface area (Å²) in [5.41, 5.74) is 3.04. The first-order valence-electron chi connectivity index (χ1n) is 6.49. The van der Waals surface area contributed by atoms with Gasteiger partial charge in [0.15, 0.2) is 0 Å². The maximum atomic E-state index is 6.27. The van der Waals surface area contributed by atoms with Crippen molar-refractivity contribution >= 4 is 34.2 Å². The molecule has 0 saturated heterocycles. The van der Waals surface area contributed by atoms with Crippen molar-refractivity contribution in [1.82, 2.24) is 9.55 Å². The maximum Gasteiger partial charge on any atom is 0.128 e. The Kier molecular flexibility index (Phi) is 3.68. The number of halogens is 2. The molecule has 0 bridgehead atoms. The van der Waals surface area contributed by atoms with E-state index < -0.39 is 0 Å². The molecular weight excluding hydrogens is 291 g/mol. The standard InChI is InChI=1S/C16H14Cl2N2/c1-11(17)16-19-15-13(18)8-5-9-14(15)20(16)10-12-6-3-2-4-7-12/h2-9,11H,10H2,1H3. The molecule has 1 atom stereocenters. The number of fused-ring (bicyclic) bond motifs is 1. The van der Waals surface area contributed by atoms with E-state index in [9.17, 15) is 0 Å². The summed E-state index contributed by atoms with van der Waals surface area (Å²) in [4.78, 5) is 4.61. The molecule has 3 rings (SSSR count). The third kappa shape index (κ3) is 2.41. The number of nitrogens with zero attached hydrogens (tertiary/aromatic N) is 2. The van der Waals surface area contributed by atoms with Crippen LogP contribution in [0.5, 0.6) is 0 Å². The van der Waals surface area contributed by atoms with Gasteiger partial charge in [0.1, 0.15) is 11.3 Å². The SMILES string of the molecule is CC(Cl)c1nc2c(Cl)cccc2n1Cc1ccccc1. The third-order valence-electron chi connectivity index (χ3n) is 3.30. The number of hydrogen-bond donors (Lipinski definition) is 0. The van der Waals surface area contributed by atoms with Crippen molar-refractivity contribution in [1.29, 1.82) is 0 Å². The second-order valence-electron chi connectivity index (χ2n) is 4.77. The zero-order valence-corrected chi connectivity index (χ0v) is 12.6. The van der Waals surface area contributed by atoms with E-state index in [1.54, 1.807) is 0 Å². The van der Waals surface area contributed by atoms with Gasteiger partial charge in [-0.25, -0.2) is 4.98 Å². The molecule has 0 spiro atoms. The van der Waals surface area contributed by atoms with Crippen LogP contribution in [0.1, 0.15) is 23.7 Å². The molecule has 20 heavy (non-hydrogen) atoms. The van der Waals surface area contributed by atoms with E-state index >= 15 is 0 Å². The van der Waals surface area contributed by atoms with Crippen molar-refractivity contribution < 1.29 is 0 Å². The molecule has 0 radical (unpaired) electrons. The van der Waals surface area contributed by atoms with Crippen LogP contribution in [-0.2, 0) is 6.54 Å². The molecule has 0 aliphatic rings. The largest absolute Gasteiger partial charge is 0.322 e. The summed E-state index contributed by atoms with van der Waals surface area (Å²) in [6.45, 7) is 2.67. The molecular formula is C16H14Cl2N2. The average molecular weight is 305 g/mol. The van der Waals surface area contributed by atoms with Gasteiger partial charge < -0.3 is 4.57 Å². The molecule has 2 aromatic carbocycles. The second-order valence-corrected chi connectivity index (χ2v) is 5.83. The van der Waals surface area contributed by atoms with E-state index in [4.69, 9.17) is 23.2 Å². The quantitative estimate of drug-likeness (QED) is 0.620. The zero-order chi connectivity index (χ0) is 14.1. The maximum absolute atomic E-state index is 6.27. The Labute approximate surface area is 128 Å². The van der Waals surface area contributed by atoms with Gasteiger partial charge in [-0.3, -0.25) is 0 Å². The van der Waals surface area contributed by atoms with E-state index in [0.29, 0.717) is 5.02 Å². The van der Waals surface area contributed by atoms with Crippen molar-refractivity contribution in [2.24, 2.45) is 0 Å². The van der Waals surface area contributed by atoms with Crippen molar-refractivity contribution in [3.8, 4) is 0 Å². The van der Waals surface area contributed by atoms with Crippen LogP contribution in [0, 0.1) is 0 Å². The monoisotopic (exact) mass is 304 g/mol. The highest BCUT2D eigenvalue weighted by Gasteiger charge is 2.16. The van der Waals surface area contributed by atoms with Crippen LogP contribution in [0.3, 0.4) is 0 Å². The van der Waals surface area contributed by atoms with Crippen LogP contribution in [0.15, 0.2) is 48.5 Å². The second kappa shape index (κ2) is 5.47. The molecule has 4 heteroatoms. The smallest absolute Gasteiger partial charge is 0.128 e. The molecule has 0 amide bonds. The molecule has 3 aromatic rings. The van der Waals surface area contributed by atoms with E-state index in [0.717, 1.165) is 23.4 Å². The van der Waals surface area contributed by atoms with Gasteiger partial charge in [0.05, 0.1) is 15.9 Å². The van der Waals surface area contributed by atoms with Crippen LogP contribution in [0.25, 0.3) is 11.0 Å². The lowest BCUT2D eigenvalue weighted by Crippen LogP contribution is -2.05. The van der Waals surface area contributed by atoms with Gasteiger partial charge in [-0.05, 0) is 24.6 Å². The molecule has 1 aromatic heterocycles. The summed E-state index contributed by atoms with van der Waals surface area (Å²) < 4.78 is 2.13. The lowest BCUT2D eigenvalue weighted by Gasteiger charge is -2.10. The molecule has 102 valence electrons. The van der Waals surface area contributed by atoms with Crippen molar-refractivity contribution in [3.63, 3.8) is 0 Å². The molecule has 1 heterocycles. The van der Waals surface area contributed by atoms with Gasteiger partial charge in [-0.15, -0.1) is 11.6 Å². The number of para-hydroxylation sites is 1. The van der Waals surface area contributed by atoms with Gasteiger partial charge in [0.25, 0.3) is 0 Å². The number of aromatic nitrogens is 2. The fourth-order valence-electron chi connectivity index (χ4n) is 2.37. The van der Waals surface area contributed by atoms with E-state index in [-0.39, 0.29) is 5.38 Å². The minimum Gasteiger partial charge on any atom is -0.322 e. The summed E-state index contributed by atoms with van der Waals surface area (Å²) in [5, 5.41) is 0.495. The first-order valence-corrected chi connectivity index (χ1v) is 7.31. The number of hydrogen-bond acceptors (Lipinski definition) is 1. The van der Waals surface area contributed by atoms with Crippen molar-refractivity contribution in [3.05, 3.63) is 64.9 Å². The summed E-state index contributed by atoms with van der Waals surface area (Å²) in [7, 11) is 0. The van der Waals surface area contributed by atoms with Gasteiger partial charge in [-0.2, -0.15) is 0 Å². The van der Waals surface area contributed by atoms with Crippen LogP contribution in [0.4, 0.5) is 0 Å². The highest BCUT2D eigenvalue weighted by Crippen LogP contribution is 2.29. The summed E-state index contributed by atoms with van der Waals surface area (Å²) in [6, 6.07) is 16.1. The number of benzene rings is 2. The van der Waals surface area contributed by atoms with Crippen molar-refractivity contribution in [2.75, 3.05) is 0 Å². The van der Waals surface area contributed by atoms with Gasteiger partial charge >= 0.3 is 0 Å². The molecule has 0 N–H and O–H groups in total. The Morgan fingerprint density at radius 3 is 2.55 bits per heavy atom. The van der Waals surface area contributed by atoms with Crippen LogP contribution in [0.2, 0.25) is 5.02 Å². The van der Waals surface area contributed by atoms with E-state index in [1.165, 1.54) is 5.56 Å². The van der Waals surface area contributed by atoms with Gasteiger partial charge in [-0.1, -0.05) is 48.0 Å². The van der Waals surface area contributed by atoms with Gasteiger partial charge in [0, 0.05) is 6.54 Å². The van der Waals surface area contributed by atoms with Crippen molar-refractivity contribution in [2.45, 2.75) is 18.8 Å². The zero-order valence-electron chi connectivity index (χ0n) is 11.1. The first-order chi connectivity index (χ1) is 9.66. The first kappa shape index (κ1) is 13.5. The summed E-state index contributed by atoms with van der Waals surface area (Å²) >= 11 is 12.5. The third-order valence-corrected chi connectivity index (χ3v) is 3.80. The molecule has 0 aliphatic heterocycles. The van der Waals surface area contributed by atoms with E-state index in [1.807, 2.05) is 43.3 Å². The average Bonchev–Trinajstić information content (AvgIpc) is 2.81. The lowest BCUT2D eigenvalue weighted by molar-refractivity contribution is 0.742.